The molecule has 1 heterocycles. The Balaban J connectivity index is 2.18. The fourth-order valence-corrected chi connectivity index (χ4v) is 1.97. The zero-order chi connectivity index (χ0) is 17.5. The summed E-state index contributed by atoms with van der Waals surface area (Å²) in [6.45, 7) is 3.26. The van der Waals surface area contributed by atoms with Crippen LogP contribution in [-0.2, 0) is 9.53 Å². The molecule has 8 heteroatoms. The molecule has 0 radical (unpaired) electrons. The van der Waals surface area contributed by atoms with E-state index in [0.717, 1.165) is 0 Å². The van der Waals surface area contributed by atoms with Gasteiger partial charge in [-0.25, -0.2) is 4.79 Å². The molecule has 1 aromatic heterocycles. The van der Waals surface area contributed by atoms with Crippen LogP contribution in [0.1, 0.15) is 23.9 Å². The third-order valence-corrected chi connectivity index (χ3v) is 3.02. The zero-order valence-corrected chi connectivity index (χ0v) is 13.2. The first-order valence-electron chi connectivity index (χ1n) is 7.19. The van der Waals surface area contributed by atoms with Gasteiger partial charge >= 0.3 is 11.7 Å². The lowest BCUT2D eigenvalue weighted by molar-refractivity contribution is -0.386. The Morgan fingerprint density at radius 1 is 1.38 bits per heavy atom. The Morgan fingerprint density at radius 3 is 2.83 bits per heavy atom. The third-order valence-electron chi connectivity index (χ3n) is 3.02. The minimum atomic E-state index is -0.547. The maximum atomic E-state index is 11.4. The van der Waals surface area contributed by atoms with E-state index >= 15 is 0 Å². The fourth-order valence-electron chi connectivity index (χ4n) is 1.97. The normalized spacial score (nSPS) is 10.8. The highest BCUT2D eigenvalue weighted by molar-refractivity contribution is 5.75. The van der Waals surface area contributed by atoms with Gasteiger partial charge in [0, 0.05) is 5.56 Å². The van der Waals surface area contributed by atoms with Gasteiger partial charge in [0.15, 0.2) is 12.3 Å². The molecular formula is C16H16N2O6. The van der Waals surface area contributed by atoms with Crippen molar-refractivity contribution in [3.63, 3.8) is 0 Å². The number of para-hydroxylation sites is 1. The molecule has 126 valence electrons. The second-order valence-corrected chi connectivity index (χ2v) is 4.70. The lowest BCUT2D eigenvalue weighted by atomic mass is 10.1. The molecule has 0 aliphatic heterocycles. The molecule has 1 aromatic carbocycles. The molecule has 0 aliphatic carbocycles. The van der Waals surface area contributed by atoms with Crippen LogP contribution in [0.4, 0.5) is 5.69 Å². The first-order valence-corrected chi connectivity index (χ1v) is 7.19. The number of aryl methyl sites for hydroxylation is 1. The van der Waals surface area contributed by atoms with Crippen LogP contribution >= 0.6 is 0 Å². The molecule has 0 aliphatic rings. The van der Waals surface area contributed by atoms with E-state index in [9.17, 15) is 14.9 Å². The van der Waals surface area contributed by atoms with Crippen LogP contribution in [0.5, 0.6) is 5.75 Å². The predicted octanol–water partition coefficient (Wildman–Crippen LogP) is 3.00. The van der Waals surface area contributed by atoms with Crippen molar-refractivity contribution in [2.75, 3.05) is 13.2 Å². The molecular weight excluding hydrogens is 316 g/mol. The van der Waals surface area contributed by atoms with Crippen LogP contribution in [0.15, 0.2) is 28.8 Å². The maximum absolute atomic E-state index is 11.4. The summed E-state index contributed by atoms with van der Waals surface area (Å²) >= 11 is 0. The summed E-state index contributed by atoms with van der Waals surface area (Å²) in [4.78, 5) is 21.8. The molecule has 0 saturated carbocycles. The Hall–Kier alpha value is -3.16. The van der Waals surface area contributed by atoms with Crippen LogP contribution in [0, 0.1) is 17.0 Å². The summed E-state index contributed by atoms with van der Waals surface area (Å²) < 4.78 is 15.2. The smallest absolute Gasteiger partial charge is 0.344 e. The number of ether oxygens (including phenoxy) is 2. The number of hydrogen-bond donors (Lipinski definition) is 0. The van der Waals surface area contributed by atoms with Crippen LogP contribution in [-0.4, -0.2) is 29.3 Å². The summed E-state index contributed by atoms with van der Waals surface area (Å²) in [5, 5.41) is 14.6. The Bertz CT molecular complexity index is 766. The molecule has 0 unspecified atom stereocenters. The number of carbonyl (C=O) groups is 1. The minimum absolute atomic E-state index is 0.0395. The van der Waals surface area contributed by atoms with E-state index in [4.69, 9.17) is 14.0 Å². The molecule has 0 bridgehead atoms. The number of rotatable bonds is 7. The standard InChI is InChI=1S/C16H16N2O6/c1-3-22-15(19)10-23-13-7-5-4-6-12(13)8-9-14-16(18(20)21)11(2)17-24-14/h4-9H,3,10H2,1-2H3/b9-8+. The van der Waals surface area contributed by atoms with E-state index in [1.807, 2.05) is 0 Å². The first-order chi connectivity index (χ1) is 11.5. The zero-order valence-electron chi connectivity index (χ0n) is 13.2. The van der Waals surface area contributed by atoms with E-state index in [0.29, 0.717) is 11.3 Å². The van der Waals surface area contributed by atoms with Gasteiger partial charge in [-0.2, -0.15) is 0 Å². The number of nitrogens with zero attached hydrogens (tertiary/aromatic N) is 2. The second-order valence-electron chi connectivity index (χ2n) is 4.70. The predicted molar refractivity (Wildman–Crippen MR) is 85.4 cm³/mol. The van der Waals surface area contributed by atoms with Gasteiger partial charge in [0.1, 0.15) is 5.75 Å². The van der Waals surface area contributed by atoms with Crippen molar-refractivity contribution in [3.8, 4) is 5.75 Å². The molecule has 0 spiro atoms. The van der Waals surface area contributed by atoms with Gasteiger partial charge in [0.25, 0.3) is 0 Å². The summed E-state index contributed by atoms with van der Waals surface area (Å²) in [5.74, 6) is 0.0103. The van der Waals surface area contributed by atoms with Gasteiger partial charge in [-0.05, 0) is 32.1 Å². The van der Waals surface area contributed by atoms with Crippen molar-refractivity contribution in [1.82, 2.24) is 5.16 Å². The van der Waals surface area contributed by atoms with Crippen LogP contribution in [0.2, 0.25) is 0 Å². The summed E-state index contributed by atoms with van der Waals surface area (Å²) in [7, 11) is 0. The number of esters is 1. The van der Waals surface area contributed by atoms with E-state index in [2.05, 4.69) is 5.16 Å². The molecule has 24 heavy (non-hydrogen) atoms. The van der Waals surface area contributed by atoms with Gasteiger partial charge in [-0.1, -0.05) is 23.4 Å². The fraction of sp³-hybridized carbons (Fsp3) is 0.250. The lowest BCUT2D eigenvalue weighted by Gasteiger charge is -2.08. The average molecular weight is 332 g/mol. The Morgan fingerprint density at radius 2 is 2.12 bits per heavy atom. The average Bonchev–Trinajstić information content (AvgIpc) is 2.93. The summed E-state index contributed by atoms with van der Waals surface area (Å²) in [6.07, 6.45) is 3.03. The number of benzene rings is 1. The lowest BCUT2D eigenvalue weighted by Crippen LogP contribution is -2.14. The van der Waals surface area contributed by atoms with Crippen molar-refractivity contribution in [1.29, 1.82) is 0 Å². The number of hydrogen-bond acceptors (Lipinski definition) is 7. The maximum Gasteiger partial charge on any atom is 0.344 e. The van der Waals surface area contributed by atoms with Gasteiger partial charge in [-0.15, -0.1) is 0 Å². The molecule has 0 atom stereocenters. The molecule has 0 N–H and O–H groups in total. The second kappa shape index (κ2) is 7.91. The Labute approximate surface area is 137 Å². The molecule has 8 nitrogen and oxygen atoms in total. The molecule has 0 fully saturated rings. The molecule has 0 amide bonds. The number of carbonyl (C=O) groups excluding carboxylic acids is 1. The van der Waals surface area contributed by atoms with E-state index in [-0.39, 0.29) is 30.4 Å². The van der Waals surface area contributed by atoms with Gasteiger partial charge in [0.05, 0.1) is 11.5 Å². The summed E-state index contributed by atoms with van der Waals surface area (Å²) in [5.41, 5.74) is 0.646. The highest BCUT2D eigenvalue weighted by atomic mass is 16.6. The first kappa shape index (κ1) is 17.2. The minimum Gasteiger partial charge on any atom is -0.481 e. The van der Waals surface area contributed by atoms with Crippen molar-refractivity contribution in [2.45, 2.75) is 13.8 Å². The van der Waals surface area contributed by atoms with E-state index in [1.165, 1.54) is 13.0 Å². The highest BCUT2D eigenvalue weighted by Crippen LogP contribution is 2.26. The van der Waals surface area contributed by atoms with Gasteiger partial charge < -0.3 is 14.0 Å². The van der Waals surface area contributed by atoms with E-state index in [1.54, 1.807) is 37.3 Å². The van der Waals surface area contributed by atoms with Crippen LogP contribution < -0.4 is 4.74 Å². The third kappa shape index (κ3) is 4.19. The SMILES string of the molecule is CCOC(=O)COc1ccccc1/C=C/c1onc(C)c1[N+](=O)[O-]. The van der Waals surface area contributed by atoms with Crippen molar-refractivity contribution >= 4 is 23.8 Å². The number of aromatic nitrogens is 1. The molecule has 2 aromatic rings. The highest BCUT2D eigenvalue weighted by Gasteiger charge is 2.22. The van der Waals surface area contributed by atoms with Crippen LogP contribution in [0.3, 0.4) is 0 Å². The van der Waals surface area contributed by atoms with Gasteiger partial charge in [-0.3, -0.25) is 10.1 Å². The topological polar surface area (TPSA) is 105 Å². The van der Waals surface area contributed by atoms with Crippen molar-refractivity contribution < 1.29 is 23.7 Å². The van der Waals surface area contributed by atoms with Crippen molar-refractivity contribution in [3.05, 3.63) is 51.4 Å². The summed E-state index contributed by atoms with van der Waals surface area (Å²) in [6, 6.07) is 6.95. The Kier molecular flexibility index (Phi) is 5.67. The largest absolute Gasteiger partial charge is 0.481 e. The monoisotopic (exact) mass is 332 g/mol. The van der Waals surface area contributed by atoms with Gasteiger partial charge in [0.2, 0.25) is 5.76 Å². The number of nitro groups is 1. The van der Waals surface area contributed by atoms with Crippen LogP contribution in [0.25, 0.3) is 12.2 Å². The molecule has 0 saturated heterocycles. The van der Waals surface area contributed by atoms with Crippen molar-refractivity contribution in [2.24, 2.45) is 0 Å². The van der Waals surface area contributed by atoms with E-state index < -0.39 is 10.9 Å². The quantitative estimate of drug-likeness (QED) is 0.436. The molecule has 2 rings (SSSR count).